The van der Waals surface area contributed by atoms with Crippen molar-refractivity contribution in [3.05, 3.63) is 54.0 Å². The fourth-order valence-electron chi connectivity index (χ4n) is 4.20. The van der Waals surface area contributed by atoms with Crippen LogP contribution in [-0.2, 0) is 11.3 Å². The first kappa shape index (κ1) is 20.7. The summed E-state index contributed by atoms with van der Waals surface area (Å²) in [4.78, 5) is 14.9. The zero-order chi connectivity index (χ0) is 21.1. The van der Waals surface area contributed by atoms with Gasteiger partial charge in [-0.15, -0.1) is 10.2 Å². The van der Waals surface area contributed by atoms with Crippen LogP contribution in [0.15, 0.2) is 52.2 Å². The second-order valence-electron chi connectivity index (χ2n) is 8.30. The Bertz CT molecular complexity index is 988. The van der Waals surface area contributed by atoms with E-state index in [0.29, 0.717) is 24.1 Å². The maximum Gasteiger partial charge on any atom is 0.233 e. The number of likely N-dealkylation sites (tertiary alicyclic amines) is 1. The standard InChI is InChI=1S/C23H28N4O2S/c1-16-11-17(2)13-26(12-16)21(28)15-30-23-25-24-22(20-9-10-29-18(20)3)27(23)14-19-7-5-4-6-8-19/h4-10,16-17H,11-15H2,1-3H3. The van der Waals surface area contributed by atoms with Crippen molar-refractivity contribution in [3.63, 3.8) is 0 Å². The van der Waals surface area contributed by atoms with Gasteiger partial charge >= 0.3 is 0 Å². The van der Waals surface area contributed by atoms with E-state index in [2.05, 4.69) is 40.7 Å². The van der Waals surface area contributed by atoms with Gasteiger partial charge in [0, 0.05) is 13.1 Å². The molecule has 7 heteroatoms. The lowest BCUT2D eigenvalue weighted by atomic mass is 9.92. The number of benzene rings is 1. The van der Waals surface area contributed by atoms with Crippen molar-refractivity contribution < 1.29 is 9.21 Å². The van der Waals surface area contributed by atoms with Gasteiger partial charge in [0.1, 0.15) is 5.76 Å². The molecule has 1 amide bonds. The molecule has 3 heterocycles. The first-order chi connectivity index (χ1) is 14.5. The first-order valence-corrected chi connectivity index (χ1v) is 11.4. The van der Waals surface area contributed by atoms with Crippen molar-refractivity contribution >= 4 is 17.7 Å². The Balaban J connectivity index is 1.54. The van der Waals surface area contributed by atoms with Crippen LogP contribution >= 0.6 is 11.8 Å². The first-order valence-electron chi connectivity index (χ1n) is 10.4. The van der Waals surface area contributed by atoms with Crippen LogP contribution in [0.5, 0.6) is 0 Å². The number of rotatable bonds is 6. The molecule has 0 spiro atoms. The third-order valence-corrected chi connectivity index (χ3v) is 6.50. The number of aryl methyl sites for hydroxylation is 1. The van der Waals surface area contributed by atoms with Gasteiger partial charge in [0.15, 0.2) is 11.0 Å². The molecule has 1 aliphatic heterocycles. The van der Waals surface area contributed by atoms with Gasteiger partial charge in [0.2, 0.25) is 5.91 Å². The Morgan fingerprint density at radius 2 is 1.87 bits per heavy atom. The number of nitrogens with zero attached hydrogens (tertiary/aromatic N) is 4. The van der Waals surface area contributed by atoms with E-state index in [1.807, 2.05) is 36.1 Å². The van der Waals surface area contributed by atoms with Gasteiger partial charge in [0.25, 0.3) is 0 Å². The molecule has 0 saturated carbocycles. The summed E-state index contributed by atoms with van der Waals surface area (Å²) in [5.41, 5.74) is 2.09. The summed E-state index contributed by atoms with van der Waals surface area (Å²) >= 11 is 1.46. The molecule has 1 aromatic carbocycles. The van der Waals surface area contributed by atoms with Crippen LogP contribution < -0.4 is 0 Å². The Labute approximate surface area is 181 Å². The lowest BCUT2D eigenvalue weighted by Crippen LogP contribution is -2.43. The molecule has 4 rings (SSSR count). The molecule has 2 unspecified atom stereocenters. The summed E-state index contributed by atoms with van der Waals surface area (Å²) in [5, 5.41) is 9.61. The minimum atomic E-state index is 0.175. The quantitative estimate of drug-likeness (QED) is 0.546. The average Bonchev–Trinajstić information content (AvgIpc) is 3.32. The van der Waals surface area contributed by atoms with E-state index in [9.17, 15) is 4.79 Å². The SMILES string of the molecule is Cc1occc1-c1nnc(SCC(=O)N2CC(C)CC(C)C2)n1Cc1ccccc1. The fraction of sp³-hybridized carbons (Fsp3) is 0.435. The Morgan fingerprint density at radius 1 is 1.13 bits per heavy atom. The zero-order valence-electron chi connectivity index (χ0n) is 17.7. The van der Waals surface area contributed by atoms with Crippen molar-refractivity contribution in [3.8, 4) is 11.4 Å². The minimum Gasteiger partial charge on any atom is -0.469 e. The lowest BCUT2D eigenvalue weighted by Gasteiger charge is -2.34. The van der Waals surface area contributed by atoms with E-state index >= 15 is 0 Å². The number of carbonyl (C=O) groups excluding carboxylic acids is 1. The molecular formula is C23H28N4O2S. The van der Waals surface area contributed by atoms with E-state index in [1.165, 1.54) is 18.2 Å². The molecule has 6 nitrogen and oxygen atoms in total. The Hall–Kier alpha value is -2.54. The summed E-state index contributed by atoms with van der Waals surface area (Å²) in [7, 11) is 0. The molecule has 1 fully saturated rings. The van der Waals surface area contributed by atoms with Crippen LogP contribution in [0.4, 0.5) is 0 Å². The predicted molar refractivity (Wildman–Crippen MR) is 118 cm³/mol. The maximum atomic E-state index is 12.9. The number of piperidine rings is 1. The van der Waals surface area contributed by atoms with Crippen LogP contribution in [0.2, 0.25) is 0 Å². The molecule has 2 atom stereocenters. The molecule has 0 radical (unpaired) electrons. The third kappa shape index (κ3) is 4.61. The molecule has 30 heavy (non-hydrogen) atoms. The van der Waals surface area contributed by atoms with Crippen LogP contribution in [0, 0.1) is 18.8 Å². The van der Waals surface area contributed by atoms with Gasteiger partial charge in [-0.25, -0.2) is 0 Å². The molecule has 0 N–H and O–H groups in total. The number of furan rings is 1. The highest BCUT2D eigenvalue weighted by Gasteiger charge is 2.26. The van der Waals surface area contributed by atoms with E-state index in [1.54, 1.807) is 6.26 Å². The number of thioether (sulfide) groups is 1. The van der Waals surface area contributed by atoms with Crippen molar-refractivity contribution in [2.45, 2.75) is 38.9 Å². The highest BCUT2D eigenvalue weighted by molar-refractivity contribution is 7.99. The Morgan fingerprint density at radius 3 is 2.53 bits per heavy atom. The third-order valence-electron chi connectivity index (χ3n) is 5.55. The number of hydrogen-bond acceptors (Lipinski definition) is 5. The largest absolute Gasteiger partial charge is 0.469 e. The summed E-state index contributed by atoms with van der Waals surface area (Å²) < 4.78 is 7.56. The molecule has 3 aromatic rings. The second-order valence-corrected chi connectivity index (χ2v) is 9.24. The van der Waals surface area contributed by atoms with Crippen LogP contribution in [-0.4, -0.2) is 44.4 Å². The van der Waals surface area contributed by atoms with Gasteiger partial charge in [-0.05, 0) is 36.8 Å². The second kappa shape index (κ2) is 9.08. The summed E-state index contributed by atoms with van der Waals surface area (Å²) in [5.74, 6) is 3.23. The normalized spacial score (nSPS) is 19.2. The van der Waals surface area contributed by atoms with Crippen LogP contribution in [0.25, 0.3) is 11.4 Å². The monoisotopic (exact) mass is 424 g/mol. The molecule has 1 aliphatic rings. The van der Waals surface area contributed by atoms with Crippen molar-refractivity contribution in [1.29, 1.82) is 0 Å². The number of carbonyl (C=O) groups is 1. The highest BCUT2D eigenvalue weighted by Crippen LogP contribution is 2.29. The highest BCUT2D eigenvalue weighted by atomic mass is 32.2. The minimum absolute atomic E-state index is 0.175. The van der Waals surface area contributed by atoms with E-state index < -0.39 is 0 Å². The molecule has 2 aromatic heterocycles. The fourth-order valence-corrected chi connectivity index (χ4v) is 5.04. The van der Waals surface area contributed by atoms with Gasteiger partial charge < -0.3 is 9.32 Å². The number of aromatic nitrogens is 3. The average molecular weight is 425 g/mol. The van der Waals surface area contributed by atoms with Crippen molar-refractivity contribution in [1.82, 2.24) is 19.7 Å². The summed E-state index contributed by atoms with van der Waals surface area (Å²) in [6.07, 6.45) is 2.86. The molecule has 1 saturated heterocycles. The smallest absolute Gasteiger partial charge is 0.233 e. The molecule has 0 bridgehead atoms. The maximum absolute atomic E-state index is 12.9. The van der Waals surface area contributed by atoms with Crippen molar-refractivity contribution in [2.24, 2.45) is 11.8 Å². The van der Waals surface area contributed by atoms with E-state index in [0.717, 1.165) is 41.0 Å². The molecule has 158 valence electrons. The summed E-state index contributed by atoms with van der Waals surface area (Å²) in [6.45, 7) is 8.70. The van der Waals surface area contributed by atoms with Gasteiger partial charge in [-0.1, -0.05) is 55.9 Å². The van der Waals surface area contributed by atoms with Crippen LogP contribution in [0.1, 0.15) is 31.6 Å². The summed E-state index contributed by atoms with van der Waals surface area (Å²) in [6, 6.07) is 12.1. The van der Waals surface area contributed by atoms with Gasteiger partial charge in [-0.2, -0.15) is 0 Å². The topological polar surface area (TPSA) is 64.2 Å². The van der Waals surface area contributed by atoms with Gasteiger partial charge in [-0.3, -0.25) is 9.36 Å². The number of amides is 1. The zero-order valence-corrected chi connectivity index (χ0v) is 18.6. The molecular weight excluding hydrogens is 396 g/mol. The lowest BCUT2D eigenvalue weighted by molar-refractivity contribution is -0.130. The molecule has 0 aliphatic carbocycles. The Kier molecular flexibility index (Phi) is 6.27. The van der Waals surface area contributed by atoms with E-state index in [-0.39, 0.29) is 5.91 Å². The van der Waals surface area contributed by atoms with Crippen molar-refractivity contribution in [2.75, 3.05) is 18.8 Å². The number of hydrogen-bond donors (Lipinski definition) is 0. The predicted octanol–water partition coefficient (Wildman–Crippen LogP) is 4.49. The van der Waals surface area contributed by atoms with Crippen LogP contribution in [0.3, 0.4) is 0 Å². The van der Waals surface area contributed by atoms with Gasteiger partial charge in [0.05, 0.1) is 24.1 Å². The van der Waals surface area contributed by atoms with E-state index in [4.69, 9.17) is 4.42 Å².